The SMILES string of the molecule is Cc1cc(F)ccc1Nc1ccc(C(=O)O)nc1. The van der Waals surface area contributed by atoms with Gasteiger partial charge in [-0.1, -0.05) is 0 Å². The van der Waals surface area contributed by atoms with E-state index in [2.05, 4.69) is 10.3 Å². The molecular weight excluding hydrogens is 235 g/mol. The third-order valence-corrected chi connectivity index (χ3v) is 2.45. The maximum Gasteiger partial charge on any atom is 0.354 e. The highest BCUT2D eigenvalue weighted by atomic mass is 19.1. The van der Waals surface area contributed by atoms with Gasteiger partial charge in [0.15, 0.2) is 0 Å². The summed E-state index contributed by atoms with van der Waals surface area (Å²) in [5.41, 5.74) is 2.14. The van der Waals surface area contributed by atoms with Crippen LogP contribution in [0, 0.1) is 12.7 Å². The van der Waals surface area contributed by atoms with Crippen LogP contribution in [0.4, 0.5) is 15.8 Å². The molecule has 4 nitrogen and oxygen atoms in total. The highest BCUT2D eigenvalue weighted by molar-refractivity contribution is 5.85. The van der Waals surface area contributed by atoms with Crippen molar-refractivity contribution in [3.05, 3.63) is 53.6 Å². The number of aromatic nitrogens is 1. The molecule has 0 atom stereocenters. The first-order chi connectivity index (χ1) is 8.56. The van der Waals surface area contributed by atoms with Crippen LogP contribution in [0.2, 0.25) is 0 Å². The molecule has 0 bridgehead atoms. The molecule has 0 saturated carbocycles. The second-order valence-corrected chi connectivity index (χ2v) is 3.82. The molecule has 1 aromatic heterocycles. The molecule has 1 aromatic carbocycles. The molecule has 2 N–H and O–H groups in total. The number of aromatic carboxylic acids is 1. The van der Waals surface area contributed by atoms with Crippen molar-refractivity contribution in [2.75, 3.05) is 5.32 Å². The van der Waals surface area contributed by atoms with Crippen LogP contribution in [0.15, 0.2) is 36.5 Å². The molecule has 92 valence electrons. The molecule has 0 fully saturated rings. The largest absolute Gasteiger partial charge is 0.477 e. The van der Waals surface area contributed by atoms with E-state index in [9.17, 15) is 9.18 Å². The molecule has 5 heteroatoms. The van der Waals surface area contributed by atoms with Gasteiger partial charge in [0.05, 0.1) is 11.9 Å². The summed E-state index contributed by atoms with van der Waals surface area (Å²) >= 11 is 0. The Morgan fingerprint density at radius 2 is 2.11 bits per heavy atom. The van der Waals surface area contributed by atoms with E-state index >= 15 is 0 Å². The molecule has 1 heterocycles. The van der Waals surface area contributed by atoms with Gasteiger partial charge in [-0.15, -0.1) is 0 Å². The summed E-state index contributed by atoms with van der Waals surface area (Å²) < 4.78 is 12.9. The average Bonchev–Trinajstić information content (AvgIpc) is 2.33. The second-order valence-electron chi connectivity index (χ2n) is 3.82. The number of hydrogen-bond acceptors (Lipinski definition) is 3. The number of hydrogen-bond donors (Lipinski definition) is 2. The smallest absolute Gasteiger partial charge is 0.354 e. The van der Waals surface area contributed by atoms with E-state index in [1.165, 1.54) is 24.4 Å². The van der Waals surface area contributed by atoms with Crippen molar-refractivity contribution in [3.8, 4) is 0 Å². The van der Waals surface area contributed by atoms with Crippen LogP contribution in [-0.2, 0) is 0 Å². The van der Waals surface area contributed by atoms with Crippen molar-refractivity contribution in [1.82, 2.24) is 4.98 Å². The Bertz CT molecular complexity index is 582. The number of carboxylic acid groups (broad SMARTS) is 1. The van der Waals surface area contributed by atoms with Crippen LogP contribution in [0.1, 0.15) is 16.1 Å². The summed E-state index contributed by atoms with van der Waals surface area (Å²) in [6, 6.07) is 7.41. The van der Waals surface area contributed by atoms with Crippen molar-refractivity contribution in [2.45, 2.75) is 6.92 Å². The Balaban J connectivity index is 2.21. The highest BCUT2D eigenvalue weighted by Crippen LogP contribution is 2.20. The zero-order valence-corrected chi connectivity index (χ0v) is 9.64. The van der Waals surface area contributed by atoms with E-state index in [0.29, 0.717) is 5.69 Å². The Hall–Kier alpha value is -2.43. The Morgan fingerprint density at radius 1 is 1.33 bits per heavy atom. The van der Waals surface area contributed by atoms with Crippen molar-refractivity contribution in [3.63, 3.8) is 0 Å². The Kier molecular flexibility index (Phi) is 3.23. The molecule has 0 aliphatic heterocycles. The number of nitrogens with zero attached hydrogens (tertiary/aromatic N) is 1. The number of pyridine rings is 1. The normalized spacial score (nSPS) is 10.1. The van der Waals surface area contributed by atoms with Gasteiger partial charge in [0.2, 0.25) is 0 Å². The molecule has 0 spiro atoms. The number of anilines is 2. The van der Waals surface area contributed by atoms with Gasteiger partial charge in [0.1, 0.15) is 11.5 Å². The first-order valence-electron chi connectivity index (χ1n) is 5.29. The fourth-order valence-corrected chi connectivity index (χ4v) is 1.52. The van der Waals surface area contributed by atoms with Crippen LogP contribution >= 0.6 is 0 Å². The minimum Gasteiger partial charge on any atom is -0.477 e. The molecule has 0 saturated heterocycles. The van der Waals surface area contributed by atoms with Crippen LogP contribution in [-0.4, -0.2) is 16.1 Å². The summed E-state index contributed by atoms with van der Waals surface area (Å²) in [6.45, 7) is 1.78. The minimum absolute atomic E-state index is 0.0172. The Morgan fingerprint density at radius 3 is 2.67 bits per heavy atom. The molecule has 0 aliphatic carbocycles. The third kappa shape index (κ3) is 2.63. The highest BCUT2D eigenvalue weighted by Gasteiger charge is 2.04. The molecule has 0 unspecified atom stereocenters. The van der Waals surface area contributed by atoms with Crippen LogP contribution in [0.25, 0.3) is 0 Å². The van der Waals surface area contributed by atoms with Crippen molar-refractivity contribution in [1.29, 1.82) is 0 Å². The molecule has 18 heavy (non-hydrogen) atoms. The zero-order valence-electron chi connectivity index (χ0n) is 9.64. The van der Waals surface area contributed by atoms with Gasteiger partial charge in [0.25, 0.3) is 0 Å². The topological polar surface area (TPSA) is 62.2 Å². The molecule has 0 aliphatic rings. The lowest BCUT2D eigenvalue weighted by Gasteiger charge is -2.09. The van der Waals surface area contributed by atoms with Crippen molar-refractivity contribution in [2.24, 2.45) is 0 Å². The molecular formula is C13H11FN2O2. The van der Waals surface area contributed by atoms with Crippen LogP contribution in [0.3, 0.4) is 0 Å². The van der Waals surface area contributed by atoms with E-state index in [-0.39, 0.29) is 11.5 Å². The van der Waals surface area contributed by atoms with Gasteiger partial charge in [-0.2, -0.15) is 0 Å². The summed E-state index contributed by atoms with van der Waals surface area (Å²) in [6.07, 6.45) is 1.42. The van der Waals surface area contributed by atoms with E-state index in [1.54, 1.807) is 19.1 Å². The number of rotatable bonds is 3. The maximum absolute atomic E-state index is 12.9. The molecule has 2 rings (SSSR count). The molecule has 0 amide bonds. The lowest BCUT2D eigenvalue weighted by atomic mass is 10.2. The van der Waals surface area contributed by atoms with Gasteiger partial charge in [0, 0.05) is 5.69 Å². The maximum atomic E-state index is 12.9. The predicted octanol–water partition coefficient (Wildman–Crippen LogP) is 2.97. The first kappa shape index (κ1) is 12.0. The van der Waals surface area contributed by atoms with E-state index < -0.39 is 5.97 Å². The van der Waals surface area contributed by atoms with Gasteiger partial charge in [-0.25, -0.2) is 14.2 Å². The first-order valence-corrected chi connectivity index (χ1v) is 5.29. The summed E-state index contributed by atoms with van der Waals surface area (Å²) in [4.78, 5) is 14.4. The molecule has 2 aromatic rings. The van der Waals surface area contributed by atoms with Gasteiger partial charge in [-0.05, 0) is 42.8 Å². The molecule has 0 radical (unpaired) electrons. The van der Waals surface area contributed by atoms with Gasteiger partial charge >= 0.3 is 5.97 Å². The summed E-state index contributed by atoms with van der Waals surface area (Å²) in [5.74, 6) is -1.36. The van der Waals surface area contributed by atoms with Crippen molar-refractivity contribution >= 4 is 17.3 Å². The fraction of sp³-hybridized carbons (Fsp3) is 0.0769. The number of carboxylic acids is 1. The summed E-state index contributed by atoms with van der Waals surface area (Å²) in [7, 11) is 0. The number of halogens is 1. The number of carbonyl (C=O) groups is 1. The third-order valence-electron chi connectivity index (χ3n) is 2.45. The van der Waals surface area contributed by atoms with Gasteiger partial charge in [-0.3, -0.25) is 0 Å². The summed E-state index contributed by atoms with van der Waals surface area (Å²) in [5, 5.41) is 11.8. The van der Waals surface area contributed by atoms with Gasteiger partial charge < -0.3 is 10.4 Å². The Labute approximate surface area is 103 Å². The van der Waals surface area contributed by atoms with E-state index in [0.717, 1.165) is 11.3 Å². The standard InChI is InChI=1S/C13H11FN2O2/c1-8-6-9(14)2-4-11(8)16-10-3-5-12(13(17)18)15-7-10/h2-7,16H,1H3,(H,17,18). The quantitative estimate of drug-likeness (QED) is 0.874. The zero-order chi connectivity index (χ0) is 13.1. The number of benzene rings is 1. The lowest BCUT2D eigenvalue weighted by molar-refractivity contribution is 0.0690. The number of nitrogens with one attached hydrogen (secondary N) is 1. The van der Waals surface area contributed by atoms with Crippen LogP contribution < -0.4 is 5.32 Å². The lowest BCUT2D eigenvalue weighted by Crippen LogP contribution is -2.00. The minimum atomic E-state index is -1.07. The average molecular weight is 246 g/mol. The second kappa shape index (κ2) is 4.83. The van der Waals surface area contributed by atoms with Crippen molar-refractivity contribution < 1.29 is 14.3 Å². The fourth-order valence-electron chi connectivity index (χ4n) is 1.52. The van der Waals surface area contributed by atoms with E-state index in [4.69, 9.17) is 5.11 Å². The predicted molar refractivity (Wildman–Crippen MR) is 65.6 cm³/mol. The number of aryl methyl sites for hydroxylation is 1. The van der Waals surface area contributed by atoms with Crippen LogP contribution in [0.5, 0.6) is 0 Å². The van der Waals surface area contributed by atoms with E-state index in [1.807, 2.05) is 0 Å². The monoisotopic (exact) mass is 246 g/mol.